The van der Waals surface area contributed by atoms with Gasteiger partial charge in [0, 0.05) is 18.3 Å². The number of anilines is 1. The van der Waals surface area contributed by atoms with Crippen molar-refractivity contribution in [2.24, 2.45) is 0 Å². The Morgan fingerprint density at radius 3 is 2.89 bits per heavy atom. The molecule has 0 saturated heterocycles. The molecule has 0 aromatic carbocycles. The summed E-state index contributed by atoms with van der Waals surface area (Å²) in [5.74, 6) is -0.165. The van der Waals surface area contributed by atoms with Crippen molar-refractivity contribution in [3.63, 3.8) is 0 Å². The molecule has 8 heteroatoms. The lowest BCUT2D eigenvalue weighted by atomic mass is 10.3. The molecular weight excluding hydrogens is 272 g/mol. The van der Waals surface area contributed by atoms with E-state index in [0.29, 0.717) is 0 Å². The summed E-state index contributed by atoms with van der Waals surface area (Å²) in [6, 6.07) is 0.834. The van der Waals surface area contributed by atoms with Gasteiger partial charge in [0.15, 0.2) is 0 Å². The van der Waals surface area contributed by atoms with E-state index in [1.807, 2.05) is 0 Å². The van der Waals surface area contributed by atoms with E-state index in [0.717, 1.165) is 12.8 Å². The van der Waals surface area contributed by atoms with Gasteiger partial charge in [-0.1, -0.05) is 11.6 Å². The highest BCUT2D eigenvalue weighted by molar-refractivity contribution is 6.30. The average molecular weight is 285 g/mol. The van der Waals surface area contributed by atoms with Gasteiger partial charge in [-0.2, -0.15) is 0 Å². The number of nitrogens with one attached hydrogen (secondary N) is 2. The second-order valence-corrected chi connectivity index (χ2v) is 4.86. The van der Waals surface area contributed by atoms with Gasteiger partial charge in [0.1, 0.15) is 6.04 Å². The quantitative estimate of drug-likeness (QED) is 0.634. The van der Waals surface area contributed by atoms with Gasteiger partial charge in [-0.3, -0.25) is 14.9 Å². The highest BCUT2D eigenvalue weighted by Gasteiger charge is 2.27. The zero-order valence-corrected chi connectivity index (χ0v) is 11.0. The summed E-state index contributed by atoms with van der Waals surface area (Å²) in [4.78, 5) is 25.9. The predicted molar refractivity (Wildman–Crippen MR) is 70.2 cm³/mol. The second-order valence-electron chi connectivity index (χ2n) is 4.43. The number of nitro groups is 1. The van der Waals surface area contributed by atoms with E-state index in [2.05, 4.69) is 15.6 Å². The number of carbonyl (C=O) groups excluding carboxylic acids is 1. The van der Waals surface area contributed by atoms with Gasteiger partial charge in [0.05, 0.1) is 9.95 Å². The molecule has 0 aliphatic heterocycles. The van der Waals surface area contributed by atoms with Gasteiger partial charge in [0.25, 0.3) is 0 Å². The first kappa shape index (κ1) is 13.5. The molecule has 1 atom stereocenters. The molecule has 0 bridgehead atoms. The van der Waals surface area contributed by atoms with Gasteiger partial charge >= 0.3 is 5.69 Å². The molecule has 1 amide bonds. The summed E-state index contributed by atoms with van der Waals surface area (Å²) in [5, 5.41) is 16.6. The zero-order valence-electron chi connectivity index (χ0n) is 10.2. The van der Waals surface area contributed by atoms with Crippen LogP contribution in [0.2, 0.25) is 5.02 Å². The van der Waals surface area contributed by atoms with Crippen LogP contribution in [0.15, 0.2) is 12.3 Å². The van der Waals surface area contributed by atoms with Gasteiger partial charge < -0.3 is 10.6 Å². The van der Waals surface area contributed by atoms with Gasteiger partial charge in [-0.05, 0) is 19.8 Å². The van der Waals surface area contributed by atoms with Crippen molar-refractivity contribution >= 4 is 29.0 Å². The lowest BCUT2D eigenvalue weighted by molar-refractivity contribution is -0.384. The number of hydrogen-bond donors (Lipinski definition) is 2. The smallest absolute Gasteiger partial charge is 0.312 e. The SMILES string of the molecule is CC(Nc1ncc(Cl)cc1[N+](=O)[O-])C(=O)NC1CC1. The van der Waals surface area contributed by atoms with Crippen molar-refractivity contribution in [1.82, 2.24) is 10.3 Å². The lowest BCUT2D eigenvalue weighted by Gasteiger charge is -2.14. The Balaban J connectivity index is 2.08. The van der Waals surface area contributed by atoms with E-state index in [1.165, 1.54) is 12.3 Å². The first-order chi connectivity index (χ1) is 8.97. The number of halogens is 1. The normalized spacial score (nSPS) is 15.7. The molecule has 1 aromatic heterocycles. The van der Waals surface area contributed by atoms with Crippen LogP contribution in [0, 0.1) is 10.1 Å². The summed E-state index contributed by atoms with van der Waals surface area (Å²) >= 11 is 5.66. The minimum Gasteiger partial charge on any atom is -0.353 e. The molecule has 1 saturated carbocycles. The topological polar surface area (TPSA) is 97.2 Å². The van der Waals surface area contributed by atoms with Crippen molar-refractivity contribution in [2.75, 3.05) is 5.32 Å². The van der Waals surface area contributed by atoms with E-state index in [4.69, 9.17) is 11.6 Å². The molecule has 1 unspecified atom stereocenters. The summed E-state index contributed by atoms with van der Waals surface area (Å²) < 4.78 is 0. The van der Waals surface area contributed by atoms with Gasteiger partial charge in [-0.25, -0.2) is 4.98 Å². The summed E-state index contributed by atoms with van der Waals surface area (Å²) in [5.41, 5.74) is -0.251. The first-order valence-corrected chi connectivity index (χ1v) is 6.22. The maximum Gasteiger partial charge on any atom is 0.312 e. The number of amides is 1. The van der Waals surface area contributed by atoms with E-state index < -0.39 is 11.0 Å². The zero-order chi connectivity index (χ0) is 14.0. The van der Waals surface area contributed by atoms with E-state index in [9.17, 15) is 14.9 Å². The minimum absolute atomic E-state index is 0.0350. The van der Waals surface area contributed by atoms with Crippen molar-refractivity contribution < 1.29 is 9.72 Å². The Kier molecular flexibility index (Phi) is 3.84. The van der Waals surface area contributed by atoms with E-state index in [1.54, 1.807) is 6.92 Å². The monoisotopic (exact) mass is 284 g/mol. The van der Waals surface area contributed by atoms with Crippen molar-refractivity contribution in [3.8, 4) is 0 Å². The van der Waals surface area contributed by atoms with Crippen LogP contribution in [-0.4, -0.2) is 27.9 Å². The van der Waals surface area contributed by atoms with Crippen LogP contribution in [-0.2, 0) is 4.79 Å². The van der Waals surface area contributed by atoms with Gasteiger partial charge in [-0.15, -0.1) is 0 Å². The minimum atomic E-state index is -0.604. The Labute approximate surface area is 114 Å². The largest absolute Gasteiger partial charge is 0.353 e. The van der Waals surface area contributed by atoms with Crippen LogP contribution in [0.1, 0.15) is 19.8 Å². The Hall–Kier alpha value is -1.89. The molecule has 0 radical (unpaired) electrons. The summed E-state index contributed by atoms with van der Waals surface area (Å²) in [6.07, 6.45) is 3.26. The number of aromatic nitrogens is 1. The molecule has 2 rings (SSSR count). The molecule has 7 nitrogen and oxygen atoms in total. The number of nitrogens with zero attached hydrogens (tertiary/aromatic N) is 2. The van der Waals surface area contributed by atoms with E-state index in [-0.39, 0.29) is 28.5 Å². The molecule has 1 heterocycles. The fourth-order valence-corrected chi connectivity index (χ4v) is 1.66. The third kappa shape index (κ3) is 3.54. The number of hydrogen-bond acceptors (Lipinski definition) is 5. The van der Waals surface area contributed by atoms with Crippen LogP contribution in [0.4, 0.5) is 11.5 Å². The fraction of sp³-hybridized carbons (Fsp3) is 0.455. The van der Waals surface area contributed by atoms with Crippen LogP contribution >= 0.6 is 11.6 Å². The van der Waals surface area contributed by atoms with Crippen LogP contribution in [0.3, 0.4) is 0 Å². The lowest BCUT2D eigenvalue weighted by Crippen LogP contribution is -2.39. The van der Waals surface area contributed by atoms with Crippen molar-refractivity contribution in [3.05, 3.63) is 27.4 Å². The second kappa shape index (κ2) is 5.40. The number of rotatable bonds is 5. The molecule has 1 aliphatic carbocycles. The maximum atomic E-state index is 11.7. The van der Waals surface area contributed by atoms with Crippen LogP contribution < -0.4 is 10.6 Å². The summed E-state index contributed by atoms with van der Waals surface area (Å²) in [6.45, 7) is 1.62. The third-order valence-corrected chi connectivity index (χ3v) is 2.91. The van der Waals surface area contributed by atoms with Crippen LogP contribution in [0.25, 0.3) is 0 Å². The maximum absolute atomic E-state index is 11.7. The molecule has 102 valence electrons. The standard InChI is InChI=1S/C11H13ClN4O3/c1-6(11(17)15-8-2-3-8)14-10-9(16(18)19)4-7(12)5-13-10/h4-6,8H,2-3H2,1H3,(H,13,14)(H,15,17). The number of carbonyl (C=O) groups is 1. The number of pyridine rings is 1. The fourth-order valence-electron chi connectivity index (χ4n) is 1.50. The first-order valence-electron chi connectivity index (χ1n) is 5.84. The summed E-state index contributed by atoms with van der Waals surface area (Å²) in [7, 11) is 0. The molecule has 2 N–H and O–H groups in total. The van der Waals surface area contributed by atoms with Crippen molar-refractivity contribution in [2.45, 2.75) is 31.8 Å². The van der Waals surface area contributed by atoms with E-state index >= 15 is 0 Å². The molecular formula is C11H13ClN4O3. The highest BCUT2D eigenvalue weighted by atomic mass is 35.5. The highest BCUT2D eigenvalue weighted by Crippen LogP contribution is 2.25. The predicted octanol–water partition coefficient (Wildman–Crippen LogP) is 1.72. The third-order valence-electron chi connectivity index (χ3n) is 2.70. The molecule has 1 aliphatic rings. The Bertz CT molecular complexity index is 519. The average Bonchev–Trinajstić information content (AvgIpc) is 3.14. The molecule has 19 heavy (non-hydrogen) atoms. The van der Waals surface area contributed by atoms with Gasteiger partial charge in [0.2, 0.25) is 11.7 Å². The molecule has 1 aromatic rings. The Morgan fingerprint density at radius 2 is 2.32 bits per heavy atom. The van der Waals surface area contributed by atoms with Crippen LogP contribution in [0.5, 0.6) is 0 Å². The molecule has 0 spiro atoms. The Morgan fingerprint density at radius 1 is 1.63 bits per heavy atom. The van der Waals surface area contributed by atoms with Crippen molar-refractivity contribution in [1.29, 1.82) is 0 Å². The molecule has 1 fully saturated rings.